The molecule has 0 amide bonds. The van der Waals surface area contributed by atoms with Gasteiger partial charge in [0.15, 0.2) is 9.84 Å². The number of rotatable bonds is 7. The van der Waals surface area contributed by atoms with Crippen LogP contribution in [0, 0.1) is 0 Å². The molecule has 1 aliphatic rings. The highest BCUT2D eigenvalue weighted by atomic mass is 32.2. The van der Waals surface area contributed by atoms with Crippen LogP contribution in [-0.2, 0) is 14.6 Å². The number of hydrogen-bond acceptors (Lipinski definition) is 8. The number of carbonyl (C=O) groups is 1. The standard InChI is InChI=1S/C20H19N3O6S2/c1-28-16-7-12(29-17-4-3-14(10-21-17)31(2,26)27)5-11-6-15(23-19(11)16)20-22-9-13(30-20)8-18(24)25/h3-7,10,13,23H,8-9H2,1-2H3,(H,24,25). The molecule has 0 fully saturated rings. The minimum Gasteiger partial charge on any atom is -0.494 e. The molecule has 1 unspecified atom stereocenters. The smallest absolute Gasteiger partial charge is 0.304 e. The summed E-state index contributed by atoms with van der Waals surface area (Å²) in [7, 11) is -1.79. The highest BCUT2D eigenvalue weighted by Crippen LogP contribution is 2.35. The van der Waals surface area contributed by atoms with Crippen LogP contribution in [0.1, 0.15) is 12.1 Å². The lowest BCUT2D eigenvalue weighted by atomic mass is 10.2. The molecule has 4 rings (SSSR count). The molecule has 11 heteroatoms. The molecular formula is C20H19N3O6S2. The fourth-order valence-electron chi connectivity index (χ4n) is 3.15. The van der Waals surface area contributed by atoms with Gasteiger partial charge in [-0.05, 0) is 18.2 Å². The molecule has 0 saturated carbocycles. The van der Waals surface area contributed by atoms with E-state index in [2.05, 4.69) is 15.0 Å². The number of carboxylic acid groups (broad SMARTS) is 1. The number of H-pyrrole nitrogens is 1. The van der Waals surface area contributed by atoms with Crippen LogP contribution in [0.5, 0.6) is 17.4 Å². The molecule has 0 aliphatic carbocycles. The monoisotopic (exact) mass is 461 g/mol. The number of aliphatic imine (C=N–C) groups is 1. The molecule has 1 aliphatic heterocycles. The molecule has 2 N–H and O–H groups in total. The molecule has 1 aromatic carbocycles. The van der Waals surface area contributed by atoms with Gasteiger partial charge >= 0.3 is 5.97 Å². The maximum atomic E-state index is 11.6. The summed E-state index contributed by atoms with van der Waals surface area (Å²) in [6, 6.07) is 8.33. The number of ether oxygens (including phenoxy) is 2. The van der Waals surface area contributed by atoms with Gasteiger partial charge in [-0.2, -0.15) is 0 Å². The zero-order valence-corrected chi connectivity index (χ0v) is 18.3. The highest BCUT2D eigenvalue weighted by molar-refractivity contribution is 8.15. The summed E-state index contributed by atoms with van der Waals surface area (Å²) in [5.41, 5.74) is 1.54. The molecule has 1 atom stereocenters. The molecule has 0 radical (unpaired) electrons. The fourth-order valence-corrected chi connectivity index (χ4v) is 4.79. The van der Waals surface area contributed by atoms with Crippen LogP contribution in [0.2, 0.25) is 0 Å². The zero-order chi connectivity index (χ0) is 22.2. The average molecular weight is 462 g/mol. The van der Waals surface area contributed by atoms with E-state index in [1.165, 1.54) is 30.1 Å². The topological polar surface area (TPSA) is 131 Å². The summed E-state index contributed by atoms with van der Waals surface area (Å²) in [5.74, 6) is 0.431. The lowest BCUT2D eigenvalue weighted by Gasteiger charge is -2.08. The molecule has 9 nitrogen and oxygen atoms in total. The number of aromatic nitrogens is 2. The summed E-state index contributed by atoms with van der Waals surface area (Å²) >= 11 is 1.44. The lowest BCUT2D eigenvalue weighted by molar-refractivity contribution is -0.136. The number of methoxy groups -OCH3 is 1. The van der Waals surface area contributed by atoms with Crippen molar-refractivity contribution in [2.75, 3.05) is 19.9 Å². The van der Waals surface area contributed by atoms with Crippen molar-refractivity contribution in [1.29, 1.82) is 0 Å². The summed E-state index contributed by atoms with van der Waals surface area (Å²) < 4.78 is 34.4. The third-order valence-corrected chi connectivity index (χ3v) is 6.91. The molecule has 3 aromatic rings. The number of thioether (sulfide) groups is 1. The van der Waals surface area contributed by atoms with Crippen molar-refractivity contribution in [3.05, 3.63) is 42.2 Å². The zero-order valence-electron chi connectivity index (χ0n) is 16.7. The molecular weight excluding hydrogens is 442 g/mol. The van der Waals surface area contributed by atoms with E-state index >= 15 is 0 Å². The molecule has 0 spiro atoms. The van der Waals surface area contributed by atoms with Crippen molar-refractivity contribution in [2.24, 2.45) is 4.99 Å². The number of carboxylic acids is 1. The second-order valence-corrected chi connectivity index (χ2v) is 10.3. The molecule has 0 bridgehead atoms. The van der Waals surface area contributed by atoms with Gasteiger partial charge in [0.05, 0.1) is 36.2 Å². The van der Waals surface area contributed by atoms with Crippen LogP contribution in [0.15, 0.2) is 46.4 Å². The fraction of sp³-hybridized carbons (Fsp3) is 0.250. The van der Waals surface area contributed by atoms with Crippen molar-refractivity contribution in [2.45, 2.75) is 16.6 Å². The highest BCUT2D eigenvalue weighted by Gasteiger charge is 2.24. The third kappa shape index (κ3) is 4.67. The van der Waals surface area contributed by atoms with Gasteiger partial charge in [0, 0.05) is 35.2 Å². The molecule has 162 valence electrons. The van der Waals surface area contributed by atoms with Gasteiger partial charge < -0.3 is 19.6 Å². The van der Waals surface area contributed by atoms with Crippen LogP contribution < -0.4 is 9.47 Å². The number of sulfone groups is 1. The van der Waals surface area contributed by atoms with Crippen LogP contribution >= 0.6 is 11.8 Å². The number of fused-ring (bicyclic) bond motifs is 1. The number of pyridine rings is 1. The number of benzene rings is 1. The van der Waals surface area contributed by atoms with Gasteiger partial charge in [0.1, 0.15) is 16.5 Å². The number of aromatic amines is 1. The second kappa shape index (κ2) is 8.23. The van der Waals surface area contributed by atoms with E-state index in [9.17, 15) is 13.2 Å². The minimum atomic E-state index is -3.34. The van der Waals surface area contributed by atoms with E-state index in [4.69, 9.17) is 14.6 Å². The molecule has 31 heavy (non-hydrogen) atoms. The van der Waals surface area contributed by atoms with Gasteiger partial charge in [-0.3, -0.25) is 9.79 Å². The van der Waals surface area contributed by atoms with Gasteiger partial charge in [0.2, 0.25) is 5.88 Å². The largest absolute Gasteiger partial charge is 0.494 e. The Hall–Kier alpha value is -3.05. The number of nitrogens with zero attached hydrogens (tertiary/aromatic N) is 2. The number of nitrogens with one attached hydrogen (secondary N) is 1. The van der Waals surface area contributed by atoms with Crippen molar-refractivity contribution in [3.63, 3.8) is 0 Å². The lowest BCUT2D eigenvalue weighted by Crippen LogP contribution is -2.10. The third-order valence-electron chi connectivity index (χ3n) is 4.59. The Bertz CT molecular complexity index is 1280. The predicted octanol–water partition coefficient (Wildman–Crippen LogP) is 3.10. The average Bonchev–Trinajstić information content (AvgIpc) is 3.33. The van der Waals surface area contributed by atoms with E-state index in [0.29, 0.717) is 18.0 Å². The molecule has 0 saturated heterocycles. The van der Waals surface area contributed by atoms with Gasteiger partial charge in [-0.1, -0.05) is 11.8 Å². The van der Waals surface area contributed by atoms with Gasteiger partial charge in [-0.25, -0.2) is 13.4 Å². The van der Waals surface area contributed by atoms with Crippen LogP contribution in [-0.4, -0.2) is 59.7 Å². The Morgan fingerprint density at radius 2 is 2.13 bits per heavy atom. The van der Waals surface area contributed by atoms with Crippen LogP contribution in [0.4, 0.5) is 0 Å². The normalized spacial score (nSPS) is 16.3. The Morgan fingerprint density at radius 1 is 1.32 bits per heavy atom. The first-order chi connectivity index (χ1) is 14.7. The Balaban J connectivity index is 1.60. The number of aliphatic carboxylic acids is 1. The van der Waals surface area contributed by atoms with Crippen LogP contribution in [0.25, 0.3) is 10.9 Å². The second-order valence-electron chi connectivity index (χ2n) is 6.96. The predicted molar refractivity (Wildman–Crippen MR) is 117 cm³/mol. The number of hydrogen-bond donors (Lipinski definition) is 2. The van der Waals surface area contributed by atoms with E-state index < -0.39 is 15.8 Å². The summed E-state index contributed by atoms with van der Waals surface area (Å²) in [5, 5.41) is 10.5. The summed E-state index contributed by atoms with van der Waals surface area (Å²) in [6.45, 7) is 0.461. The van der Waals surface area contributed by atoms with Crippen molar-refractivity contribution >= 4 is 43.5 Å². The molecule has 3 heterocycles. The van der Waals surface area contributed by atoms with E-state index in [1.807, 2.05) is 6.07 Å². The summed E-state index contributed by atoms with van der Waals surface area (Å²) in [4.78, 5) is 22.9. The van der Waals surface area contributed by atoms with Crippen molar-refractivity contribution < 1.29 is 27.8 Å². The Labute approximate surface area is 182 Å². The maximum Gasteiger partial charge on any atom is 0.304 e. The first kappa shape index (κ1) is 21.2. The van der Waals surface area contributed by atoms with E-state index in [1.54, 1.807) is 19.2 Å². The first-order valence-electron chi connectivity index (χ1n) is 9.21. The van der Waals surface area contributed by atoms with E-state index in [-0.39, 0.29) is 22.4 Å². The van der Waals surface area contributed by atoms with Gasteiger partial charge in [-0.15, -0.1) is 0 Å². The SMILES string of the molecule is COc1cc(Oc2ccc(S(C)(=O)=O)cn2)cc2cc(C3=NCC(CC(=O)O)S3)[nH]c12. The summed E-state index contributed by atoms with van der Waals surface area (Å²) in [6.07, 6.45) is 2.42. The quantitative estimate of drug-likeness (QED) is 0.549. The Morgan fingerprint density at radius 3 is 2.77 bits per heavy atom. The maximum absolute atomic E-state index is 11.6. The van der Waals surface area contributed by atoms with Crippen molar-refractivity contribution in [3.8, 4) is 17.4 Å². The van der Waals surface area contributed by atoms with Crippen molar-refractivity contribution in [1.82, 2.24) is 9.97 Å². The molecule has 2 aromatic heterocycles. The van der Waals surface area contributed by atoms with Gasteiger partial charge in [0.25, 0.3) is 0 Å². The Kier molecular flexibility index (Phi) is 5.63. The first-order valence-corrected chi connectivity index (χ1v) is 12.0. The minimum absolute atomic E-state index is 0.0598. The van der Waals surface area contributed by atoms with E-state index in [0.717, 1.165) is 27.9 Å². The van der Waals surface area contributed by atoms with Crippen LogP contribution in [0.3, 0.4) is 0 Å².